The van der Waals surface area contributed by atoms with Gasteiger partial charge in [0.25, 0.3) is 5.56 Å². The largest absolute Gasteiger partial charge is 0.470 e. The molecule has 174 valence electrons. The third-order valence-corrected chi connectivity index (χ3v) is 6.38. The number of H-pyrrole nitrogens is 1. The van der Waals surface area contributed by atoms with Crippen molar-refractivity contribution < 1.29 is 23.7 Å². The average molecular weight is 463 g/mol. The van der Waals surface area contributed by atoms with E-state index in [0.717, 1.165) is 5.56 Å². The molecule has 0 saturated carbocycles. The number of rotatable bonds is 4. The van der Waals surface area contributed by atoms with Gasteiger partial charge in [-0.2, -0.15) is 0 Å². The lowest BCUT2D eigenvalue weighted by Gasteiger charge is -2.16. The van der Waals surface area contributed by atoms with Gasteiger partial charge in [0.15, 0.2) is 17.8 Å². The molecule has 5 heterocycles. The lowest BCUT2D eigenvalue weighted by atomic mass is 10.0. The monoisotopic (exact) mass is 463 g/mol. The van der Waals surface area contributed by atoms with Crippen LogP contribution >= 0.6 is 0 Å². The van der Waals surface area contributed by atoms with E-state index in [1.807, 2.05) is 6.07 Å². The van der Waals surface area contributed by atoms with Crippen molar-refractivity contribution in [1.29, 1.82) is 0 Å². The van der Waals surface area contributed by atoms with Crippen LogP contribution in [-0.4, -0.2) is 57.3 Å². The van der Waals surface area contributed by atoms with Crippen molar-refractivity contribution in [2.24, 2.45) is 7.05 Å². The molecule has 0 unspecified atom stereocenters. The van der Waals surface area contributed by atoms with Crippen molar-refractivity contribution in [3.63, 3.8) is 0 Å². The number of nitrogens with one attached hydrogen (secondary N) is 1. The van der Waals surface area contributed by atoms with Crippen LogP contribution in [0.1, 0.15) is 0 Å². The molecule has 0 radical (unpaired) electrons. The van der Waals surface area contributed by atoms with Gasteiger partial charge in [-0.25, -0.2) is 9.37 Å². The predicted octanol–water partition coefficient (Wildman–Crippen LogP) is 2.64. The van der Waals surface area contributed by atoms with Gasteiger partial charge in [-0.1, -0.05) is 24.3 Å². The summed E-state index contributed by atoms with van der Waals surface area (Å²) < 4.78 is 33.6. The molecule has 0 spiro atoms. The fourth-order valence-electron chi connectivity index (χ4n) is 4.60. The molecule has 34 heavy (non-hydrogen) atoms. The summed E-state index contributed by atoms with van der Waals surface area (Å²) in [5.41, 5.74) is 3.08. The second-order valence-electron chi connectivity index (χ2n) is 8.62. The number of hydrogen-bond acceptors (Lipinski definition) is 6. The smallest absolute Gasteiger partial charge is 0.258 e. The maximum atomic E-state index is 14.9. The SMILES string of the molecule is Cn1cccc(-c2ccc(-c3nc4cc(O[C@@H]5CO[C@H]6[C@@H]5OC[C@H]6O)[nH]c4cc3F)cc2)c1=O. The molecule has 9 heteroatoms. The van der Waals surface area contributed by atoms with Crippen LogP contribution in [0.5, 0.6) is 5.88 Å². The Kier molecular flexibility index (Phi) is 4.98. The first kappa shape index (κ1) is 21.0. The van der Waals surface area contributed by atoms with Crippen LogP contribution < -0.4 is 10.3 Å². The number of fused-ring (bicyclic) bond motifs is 2. The van der Waals surface area contributed by atoms with Gasteiger partial charge in [-0.05, 0) is 17.7 Å². The molecule has 2 aliphatic heterocycles. The Morgan fingerprint density at radius 3 is 2.71 bits per heavy atom. The zero-order chi connectivity index (χ0) is 23.4. The first-order chi connectivity index (χ1) is 16.5. The van der Waals surface area contributed by atoms with Crippen molar-refractivity contribution in [1.82, 2.24) is 14.5 Å². The third-order valence-electron chi connectivity index (χ3n) is 6.38. The first-order valence-corrected chi connectivity index (χ1v) is 11.0. The molecule has 2 fully saturated rings. The number of benzene rings is 1. The number of pyridine rings is 2. The zero-order valence-corrected chi connectivity index (χ0v) is 18.3. The van der Waals surface area contributed by atoms with Gasteiger partial charge in [0, 0.05) is 36.5 Å². The number of nitrogens with zero attached hydrogens (tertiary/aromatic N) is 2. The highest BCUT2D eigenvalue weighted by Gasteiger charge is 2.48. The predicted molar refractivity (Wildman–Crippen MR) is 122 cm³/mol. The van der Waals surface area contributed by atoms with Gasteiger partial charge in [-0.15, -0.1) is 0 Å². The lowest BCUT2D eigenvalue weighted by molar-refractivity contribution is 0.00794. The van der Waals surface area contributed by atoms with Crippen LogP contribution in [0.25, 0.3) is 33.4 Å². The normalized spacial score (nSPS) is 24.0. The van der Waals surface area contributed by atoms with E-state index in [2.05, 4.69) is 9.97 Å². The molecular weight excluding hydrogens is 441 g/mol. The van der Waals surface area contributed by atoms with Crippen molar-refractivity contribution in [2.75, 3.05) is 13.2 Å². The van der Waals surface area contributed by atoms with Gasteiger partial charge in [0.1, 0.15) is 24.0 Å². The Hall–Kier alpha value is -3.53. The van der Waals surface area contributed by atoms with Gasteiger partial charge in [-0.3, -0.25) is 4.79 Å². The summed E-state index contributed by atoms with van der Waals surface area (Å²) in [6.07, 6.45) is -0.0721. The molecular formula is C25H22FN3O5. The van der Waals surface area contributed by atoms with E-state index < -0.39 is 18.0 Å². The van der Waals surface area contributed by atoms with Crippen LogP contribution in [0.3, 0.4) is 0 Å². The third kappa shape index (κ3) is 3.49. The molecule has 2 N–H and O–H groups in total. The maximum absolute atomic E-state index is 14.9. The Morgan fingerprint density at radius 1 is 1.12 bits per heavy atom. The van der Waals surface area contributed by atoms with Gasteiger partial charge in [0.2, 0.25) is 0 Å². The summed E-state index contributed by atoms with van der Waals surface area (Å²) in [7, 11) is 1.70. The number of aliphatic hydroxyl groups is 1. The average Bonchev–Trinajstić information content (AvgIpc) is 3.52. The fraction of sp³-hybridized carbons (Fsp3) is 0.280. The van der Waals surface area contributed by atoms with Crippen LogP contribution in [0, 0.1) is 5.82 Å². The highest BCUT2D eigenvalue weighted by molar-refractivity contribution is 5.81. The molecule has 2 aliphatic rings. The number of aryl methyl sites for hydroxylation is 1. The standard InChI is InChI=1S/C25H22FN3O5/c1-29-8-2-3-15(25(29)31)13-4-6-14(7-5-13)22-16(26)9-17-18(28-22)10-21(27-17)34-20-12-33-23-19(30)11-32-24(20)23/h2-10,19-20,23-24,27,30H,11-12H2,1H3/t19-,20-,23-,24-/m1/s1. The Labute approximate surface area is 193 Å². The molecule has 3 aromatic heterocycles. The van der Waals surface area contributed by atoms with E-state index in [-0.39, 0.29) is 30.1 Å². The van der Waals surface area contributed by atoms with Crippen molar-refractivity contribution in [2.45, 2.75) is 24.4 Å². The summed E-state index contributed by atoms with van der Waals surface area (Å²) in [6.45, 7) is 0.515. The van der Waals surface area contributed by atoms with E-state index in [4.69, 9.17) is 14.2 Å². The Balaban J connectivity index is 1.27. The molecule has 4 atom stereocenters. The minimum absolute atomic E-state index is 0.0997. The second-order valence-corrected chi connectivity index (χ2v) is 8.62. The molecule has 1 aromatic carbocycles. The minimum Gasteiger partial charge on any atom is -0.470 e. The molecule has 2 saturated heterocycles. The van der Waals surface area contributed by atoms with E-state index in [0.29, 0.717) is 34.6 Å². The molecule has 6 rings (SSSR count). The van der Waals surface area contributed by atoms with Crippen LogP contribution in [0.2, 0.25) is 0 Å². The lowest BCUT2D eigenvalue weighted by Crippen LogP contribution is -2.34. The number of aromatic amines is 1. The number of hydrogen-bond donors (Lipinski definition) is 2. The second kappa shape index (κ2) is 8.05. The number of aliphatic hydroxyl groups excluding tert-OH is 1. The number of halogens is 1. The molecule has 0 amide bonds. The van der Waals surface area contributed by atoms with Crippen molar-refractivity contribution in [3.8, 4) is 28.3 Å². The van der Waals surface area contributed by atoms with E-state index >= 15 is 0 Å². The van der Waals surface area contributed by atoms with Gasteiger partial charge in [0.05, 0.1) is 24.2 Å². The van der Waals surface area contributed by atoms with Gasteiger partial charge < -0.3 is 28.9 Å². The Bertz CT molecular complexity index is 1430. The van der Waals surface area contributed by atoms with Crippen LogP contribution in [-0.2, 0) is 16.5 Å². The summed E-state index contributed by atoms with van der Waals surface area (Å²) in [4.78, 5) is 19.9. The highest BCUT2D eigenvalue weighted by Crippen LogP contribution is 2.32. The van der Waals surface area contributed by atoms with Crippen LogP contribution in [0.15, 0.2) is 59.5 Å². The van der Waals surface area contributed by atoms with E-state index in [1.54, 1.807) is 49.6 Å². The summed E-state index contributed by atoms with van der Waals surface area (Å²) in [6, 6.07) is 13.7. The first-order valence-electron chi connectivity index (χ1n) is 11.0. The molecule has 0 bridgehead atoms. The highest BCUT2D eigenvalue weighted by atomic mass is 19.1. The molecule has 8 nitrogen and oxygen atoms in total. The molecule has 4 aromatic rings. The zero-order valence-electron chi connectivity index (χ0n) is 18.3. The number of ether oxygens (including phenoxy) is 3. The Morgan fingerprint density at radius 2 is 1.88 bits per heavy atom. The van der Waals surface area contributed by atoms with Crippen molar-refractivity contribution in [3.05, 3.63) is 70.9 Å². The topological polar surface area (TPSA) is 98.6 Å². The summed E-state index contributed by atoms with van der Waals surface area (Å²) >= 11 is 0. The number of aromatic nitrogens is 3. The van der Waals surface area contributed by atoms with Crippen molar-refractivity contribution >= 4 is 11.0 Å². The summed E-state index contributed by atoms with van der Waals surface area (Å²) in [5, 5.41) is 9.89. The summed E-state index contributed by atoms with van der Waals surface area (Å²) in [5.74, 6) is -0.0515. The van der Waals surface area contributed by atoms with E-state index in [9.17, 15) is 14.3 Å². The quantitative estimate of drug-likeness (QED) is 0.483. The van der Waals surface area contributed by atoms with E-state index in [1.165, 1.54) is 10.6 Å². The molecule has 0 aliphatic carbocycles. The van der Waals surface area contributed by atoms with Crippen LogP contribution in [0.4, 0.5) is 4.39 Å². The fourth-order valence-corrected chi connectivity index (χ4v) is 4.60. The maximum Gasteiger partial charge on any atom is 0.258 e. The minimum atomic E-state index is -0.657. The van der Waals surface area contributed by atoms with Gasteiger partial charge >= 0.3 is 0 Å².